The summed E-state index contributed by atoms with van der Waals surface area (Å²) in [6.45, 7) is 6.90. The minimum atomic E-state index is -3.83. The van der Waals surface area contributed by atoms with Crippen LogP contribution in [0.2, 0.25) is 0 Å². The van der Waals surface area contributed by atoms with Crippen molar-refractivity contribution in [3.63, 3.8) is 0 Å². The average Bonchev–Trinajstić information content (AvgIpc) is 3.10. The Bertz CT molecular complexity index is 2020. The first kappa shape index (κ1) is 34.3. The van der Waals surface area contributed by atoms with Gasteiger partial charge in [-0.1, -0.05) is 69.7 Å². The minimum absolute atomic E-state index is 0.0180. The van der Waals surface area contributed by atoms with E-state index in [1.807, 2.05) is 24.3 Å². The Kier molecular flexibility index (Phi) is 9.90. The van der Waals surface area contributed by atoms with Crippen molar-refractivity contribution in [1.29, 1.82) is 0 Å². The lowest BCUT2D eigenvalue weighted by Gasteiger charge is -2.26. The van der Waals surface area contributed by atoms with Gasteiger partial charge in [0.2, 0.25) is 10.0 Å². The molecule has 1 aromatic heterocycles. The van der Waals surface area contributed by atoms with Gasteiger partial charge in [0.1, 0.15) is 10.6 Å². The van der Waals surface area contributed by atoms with E-state index in [0.717, 1.165) is 54.5 Å². The van der Waals surface area contributed by atoms with Crippen LogP contribution in [0, 0.1) is 0 Å². The third kappa shape index (κ3) is 7.40. The summed E-state index contributed by atoms with van der Waals surface area (Å²) in [5, 5.41) is 3.36. The van der Waals surface area contributed by atoms with Crippen LogP contribution in [-0.2, 0) is 31.4 Å². The Morgan fingerprint density at radius 3 is 2.39 bits per heavy atom. The molecule has 0 atom stereocenters. The molecule has 0 unspecified atom stereocenters. The number of aromatic nitrogens is 1. The molecular formula is C39H43N3O6S. The highest BCUT2D eigenvalue weighted by Crippen LogP contribution is 2.37. The number of anilines is 1. The number of nitrogens with one attached hydrogen (secondary N) is 1. The van der Waals surface area contributed by atoms with Gasteiger partial charge in [-0.15, -0.1) is 0 Å². The number of methoxy groups -OCH3 is 1. The predicted molar refractivity (Wildman–Crippen MR) is 192 cm³/mol. The molecule has 4 aromatic rings. The van der Waals surface area contributed by atoms with Crippen molar-refractivity contribution in [3.8, 4) is 5.75 Å². The summed E-state index contributed by atoms with van der Waals surface area (Å²) in [6, 6.07) is 20.5. The Morgan fingerprint density at radius 1 is 0.939 bits per heavy atom. The molecule has 1 amide bonds. The van der Waals surface area contributed by atoms with Crippen LogP contribution in [0.25, 0.3) is 22.6 Å². The molecule has 9 nitrogen and oxygen atoms in total. The highest BCUT2D eigenvalue weighted by Gasteiger charge is 2.30. The van der Waals surface area contributed by atoms with E-state index in [-0.39, 0.29) is 21.7 Å². The van der Waals surface area contributed by atoms with Crippen molar-refractivity contribution < 1.29 is 27.5 Å². The van der Waals surface area contributed by atoms with Gasteiger partial charge in [-0.05, 0) is 90.1 Å². The molecule has 3 aromatic carbocycles. The lowest BCUT2D eigenvalue weighted by molar-refractivity contribution is -0.119. The fourth-order valence-corrected chi connectivity index (χ4v) is 8.29. The Labute approximate surface area is 288 Å². The van der Waals surface area contributed by atoms with Crippen LogP contribution in [0.5, 0.6) is 5.75 Å². The number of ether oxygens (including phenoxy) is 2. The van der Waals surface area contributed by atoms with Gasteiger partial charge in [0, 0.05) is 24.2 Å². The molecule has 1 fully saturated rings. The Morgan fingerprint density at radius 2 is 1.67 bits per heavy atom. The lowest BCUT2D eigenvalue weighted by atomic mass is 9.85. The predicted octanol–water partition coefficient (Wildman–Crippen LogP) is 7.39. The molecule has 6 rings (SSSR count). The molecule has 0 radical (unpaired) electrons. The average molecular weight is 682 g/mol. The van der Waals surface area contributed by atoms with Gasteiger partial charge < -0.3 is 14.8 Å². The number of carbonyl (C=O) groups excluding carboxylic acids is 2. The zero-order valence-corrected chi connectivity index (χ0v) is 29.4. The number of nitrogens with zero attached hydrogens (tertiary/aromatic N) is 2. The van der Waals surface area contributed by atoms with E-state index in [0.29, 0.717) is 36.0 Å². The number of carbonyl (C=O) groups is 2. The van der Waals surface area contributed by atoms with E-state index in [1.165, 1.54) is 29.1 Å². The number of benzene rings is 3. The number of amides is 1. The molecule has 1 saturated heterocycles. The van der Waals surface area contributed by atoms with Crippen molar-refractivity contribution in [1.82, 2.24) is 9.29 Å². The van der Waals surface area contributed by atoms with Crippen LogP contribution < -0.4 is 10.1 Å². The second-order valence-electron chi connectivity index (χ2n) is 13.7. The van der Waals surface area contributed by atoms with Gasteiger partial charge in [0.05, 0.1) is 23.9 Å². The van der Waals surface area contributed by atoms with Crippen LogP contribution in [0.4, 0.5) is 5.69 Å². The van der Waals surface area contributed by atoms with Crippen LogP contribution in [-0.4, -0.2) is 56.4 Å². The number of rotatable bonds is 8. The van der Waals surface area contributed by atoms with Gasteiger partial charge in [-0.3, -0.25) is 4.79 Å². The molecule has 10 heteroatoms. The first-order valence-electron chi connectivity index (χ1n) is 16.8. The molecule has 0 saturated carbocycles. The number of sulfonamides is 1. The number of esters is 1. The van der Waals surface area contributed by atoms with Gasteiger partial charge >= 0.3 is 5.97 Å². The lowest BCUT2D eigenvalue weighted by Crippen LogP contribution is -2.35. The largest absolute Gasteiger partial charge is 0.495 e. The van der Waals surface area contributed by atoms with Crippen molar-refractivity contribution in [2.24, 2.45) is 0 Å². The molecule has 0 spiro atoms. The number of pyridine rings is 1. The Hall–Kier alpha value is -4.54. The van der Waals surface area contributed by atoms with Gasteiger partial charge in [0.15, 0.2) is 6.61 Å². The number of hydrogen-bond donors (Lipinski definition) is 1. The topological polar surface area (TPSA) is 115 Å². The second kappa shape index (κ2) is 14.1. The maximum atomic E-state index is 13.8. The van der Waals surface area contributed by atoms with Crippen molar-refractivity contribution >= 4 is 50.1 Å². The first-order valence-corrected chi connectivity index (χ1v) is 18.3. The van der Waals surface area contributed by atoms with Crippen molar-refractivity contribution in [2.75, 3.05) is 32.1 Å². The summed E-state index contributed by atoms with van der Waals surface area (Å²) < 4.78 is 39.3. The van der Waals surface area contributed by atoms with Crippen LogP contribution in [0.15, 0.2) is 71.6 Å². The summed E-state index contributed by atoms with van der Waals surface area (Å²) in [6.07, 6.45) is 7.05. The number of fused-ring (bicyclic) bond motifs is 2. The van der Waals surface area contributed by atoms with E-state index in [4.69, 9.17) is 14.5 Å². The molecule has 0 bridgehead atoms. The molecule has 2 heterocycles. The normalized spacial score (nSPS) is 16.3. The third-order valence-electron chi connectivity index (χ3n) is 9.21. The minimum Gasteiger partial charge on any atom is -0.495 e. The number of para-hydroxylation sites is 1. The SMILES string of the molecule is COc1ccc(NC(=O)COC(=O)c2c3c(nc4ccccc24)/C(=C\c2ccc(C(C)(C)C)cc2)CCC3)cc1S(=O)(=O)N1CCCCC1. The first-order chi connectivity index (χ1) is 23.5. The van der Waals surface area contributed by atoms with E-state index >= 15 is 0 Å². The van der Waals surface area contributed by atoms with Crippen molar-refractivity contribution in [3.05, 3.63) is 94.7 Å². The highest BCUT2D eigenvalue weighted by atomic mass is 32.2. The Balaban J connectivity index is 1.23. The summed E-state index contributed by atoms with van der Waals surface area (Å²) in [5.41, 5.74) is 6.38. The van der Waals surface area contributed by atoms with Crippen LogP contribution >= 0.6 is 0 Å². The zero-order valence-electron chi connectivity index (χ0n) is 28.5. The smallest absolute Gasteiger partial charge is 0.339 e. The van der Waals surface area contributed by atoms with Crippen molar-refractivity contribution in [2.45, 2.75) is 69.6 Å². The number of piperidine rings is 1. The van der Waals surface area contributed by atoms with E-state index in [1.54, 1.807) is 6.07 Å². The number of hydrogen-bond acceptors (Lipinski definition) is 7. The monoisotopic (exact) mass is 681 g/mol. The highest BCUT2D eigenvalue weighted by molar-refractivity contribution is 7.89. The van der Waals surface area contributed by atoms with Crippen LogP contribution in [0.1, 0.15) is 85.6 Å². The molecule has 256 valence electrons. The quantitative estimate of drug-likeness (QED) is 0.193. The molecule has 1 N–H and O–H groups in total. The molecule has 49 heavy (non-hydrogen) atoms. The molecule has 1 aliphatic heterocycles. The van der Waals surface area contributed by atoms with E-state index in [9.17, 15) is 18.0 Å². The summed E-state index contributed by atoms with van der Waals surface area (Å²) in [4.78, 5) is 31.8. The van der Waals surface area contributed by atoms with E-state index in [2.05, 4.69) is 56.4 Å². The molecular weight excluding hydrogens is 639 g/mol. The van der Waals surface area contributed by atoms with Crippen LogP contribution in [0.3, 0.4) is 0 Å². The molecule has 1 aliphatic carbocycles. The maximum Gasteiger partial charge on any atom is 0.339 e. The summed E-state index contributed by atoms with van der Waals surface area (Å²) in [7, 11) is -2.42. The van der Waals surface area contributed by atoms with Gasteiger partial charge in [-0.25, -0.2) is 18.2 Å². The third-order valence-corrected chi connectivity index (χ3v) is 11.1. The fraction of sp³-hybridized carbons (Fsp3) is 0.359. The summed E-state index contributed by atoms with van der Waals surface area (Å²) in [5.74, 6) is -1.00. The standard InChI is InChI=1S/C39H43N3O6S/c1-39(2,3)28-17-15-26(16-18-28)23-27-11-10-13-31-36(30-12-6-7-14-32(30)41-37(27)31)38(44)48-25-35(43)40-29-19-20-33(47-4)34(24-29)49(45,46)42-21-8-5-9-22-42/h6-7,12,14-20,23-24H,5,8-11,13,21-22,25H2,1-4H3,(H,40,43)/b27-23-. The maximum absolute atomic E-state index is 13.8. The van der Waals surface area contributed by atoms with E-state index < -0.39 is 28.5 Å². The fourth-order valence-electron chi connectivity index (χ4n) is 6.59. The molecule has 2 aliphatic rings. The second-order valence-corrected chi connectivity index (χ2v) is 15.6. The van der Waals surface area contributed by atoms with Gasteiger partial charge in [-0.2, -0.15) is 4.31 Å². The van der Waals surface area contributed by atoms with Gasteiger partial charge in [0.25, 0.3) is 5.91 Å². The zero-order chi connectivity index (χ0) is 34.8. The summed E-state index contributed by atoms with van der Waals surface area (Å²) >= 11 is 0. The number of allylic oxidation sites excluding steroid dienone is 1.